The van der Waals surface area contributed by atoms with Crippen molar-refractivity contribution in [2.45, 2.75) is 11.8 Å². The quantitative estimate of drug-likeness (QED) is 0.719. The zero-order chi connectivity index (χ0) is 15.8. The lowest BCUT2D eigenvalue weighted by molar-refractivity contribution is 0.601. The highest BCUT2D eigenvalue weighted by Gasteiger charge is 2.21. The van der Waals surface area contributed by atoms with Gasteiger partial charge in [-0.3, -0.25) is 4.72 Å². The fraction of sp³-hybridized carbons (Fsp3) is 0.0769. The van der Waals surface area contributed by atoms with E-state index in [4.69, 9.17) is 46.4 Å². The minimum atomic E-state index is -3.91. The molecule has 0 unspecified atom stereocenters. The van der Waals surface area contributed by atoms with Gasteiger partial charge in [-0.05, 0) is 36.8 Å². The first-order valence-corrected chi connectivity index (χ1v) is 8.64. The second kappa shape index (κ2) is 6.23. The van der Waals surface area contributed by atoms with E-state index < -0.39 is 10.0 Å². The minimum Gasteiger partial charge on any atom is -0.279 e. The van der Waals surface area contributed by atoms with Gasteiger partial charge in [0.15, 0.2) is 0 Å². The standard InChI is InChI=1S/C13H9Cl4NO2S/c1-7-8(14)3-2-4-12(7)18-21(19,20)13-6-10(16)9(15)5-11(13)17/h2-6,18H,1H3. The van der Waals surface area contributed by atoms with Crippen molar-refractivity contribution in [2.75, 3.05) is 4.72 Å². The average Bonchev–Trinajstić information content (AvgIpc) is 2.39. The van der Waals surface area contributed by atoms with Crippen LogP contribution < -0.4 is 4.72 Å². The average molecular weight is 385 g/mol. The van der Waals surface area contributed by atoms with Crippen LogP contribution in [0.2, 0.25) is 20.1 Å². The predicted molar refractivity (Wildman–Crippen MR) is 88.5 cm³/mol. The summed E-state index contributed by atoms with van der Waals surface area (Å²) in [5.74, 6) is 0. The molecule has 0 saturated carbocycles. The van der Waals surface area contributed by atoms with E-state index in [0.29, 0.717) is 16.3 Å². The lowest BCUT2D eigenvalue weighted by Gasteiger charge is -2.13. The number of benzene rings is 2. The summed E-state index contributed by atoms with van der Waals surface area (Å²) in [6, 6.07) is 7.40. The van der Waals surface area contributed by atoms with Crippen LogP contribution in [0.4, 0.5) is 5.69 Å². The molecule has 21 heavy (non-hydrogen) atoms. The molecule has 2 rings (SSSR count). The lowest BCUT2D eigenvalue weighted by Crippen LogP contribution is -2.14. The smallest absolute Gasteiger partial charge is 0.263 e. The van der Waals surface area contributed by atoms with E-state index in [1.54, 1.807) is 25.1 Å². The third kappa shape index (κ3) is 3.58. The van der Waals surface area contributed by atoms with Gasteiger partial charge in [-0.1, -0.05) is 52.5 Å². The number of sulfonamides is 1. The van der Waals surface area contributed by atoms with Gasteiger partial charge in [0.05, 0.1) is 20.8 Å². The fourth-order valence-electron chi connectivity index (χ4n) is 1.63. The molecule has 0 aliphatic carbocycles. The SMILES string of the molecule is Cc1c(Cl)cccc1NS(=O)(=O)c1cc(Cl)c(Cl)cc1Cl. The van der Waals surface area contributed by atoms with E-state index in [9.17, 15) is 8.42 Å². The number of nitrogens with one attached hydrogen (secondary N) is 1. The van der Waals surface area contributed by atoms with Crippen molar-refractivity contribution in [3.63, 3.8) is 0 Å². The predicted octanol–water partition coefficient (Wildman–Crippen LogP) is 5.41. The first-order chi connectivity index (χ1) is 9.72. The Hall–Kier alpha value is -0.650. The highest BCUT2D eigenvalue weighted by Crippen LogP contribution is 2.33. The molecule has 0 aliphatic rings. The zero-order valence-corrected chi connectivity index (χ0v) is 14.5. The molecule has 0 spiro atoms. The van der Waals surface area contributed by atoms with E-state index in [-0.39, 0.29) is 20.0 Å². The molecular formula is C13H9Cl4NO2S. The Morgan fingerprint density at radius 3 is 2.19 bits per heavy atom. The minimum absolute atomic E-state index is 0.0171. The molecule has 0 fully saturated rings. The van der Waals surface area contributed by atoms with Gasteiger partial charge in [0.2, 0.25) is 0 Å². The molecule has 0 bridgehead atoms. The van der Waals surface area contributed by atoms with Crippen LogP contribution in [-0.4, -0.2) is 8.42 Å². The summed E-state index contributed by atoms with van der Waals surface area (Å²) in [6.45, 7) is 1.70. The number of hydrogen-bond donors (Lipinski definition) is 1. The van der Waals surface area contributed by atoms with E-state index in [2.05, 4.69) is 4.72 Å². The van der Waals surface area contributed by atoms with Crippen molar-refractivity contribution in [3.8, 4) is 0 Å². The molecular weight excluding hydrogens is 376 g/mol. The summed E-state index contributed by atoms with van der Waals surface area (Å²) in [7, 11) is -3.91. The highest BCUT2D eigenvalue weighted by molar-refractivity contribution is 7.92. The second-order valence-electron chi connectivity index (χ2n) is 4.21. The van der Waals surface area contributed by atoms with Crippen LogP contribution in [0, 0.1) is 6.92 Å². The Morgan fingerprint density at radius 2 is 1.52 bits per heavy atom. The van der Waals surface area contributed by atoms with Gasteiger partial charge in [0.25, 0.3) is 10.0 Å². The number of halogens is 4. The second-order valence-corrected chi connectivity index (χ2v) is 7.49. The Bertz CT molecular complexity index is 806. The molecule has 0 amide bonds. The largest absolute Gasteiger partial charge is 0.279 e. The normalized spacial score (nSPS) is 11.5. The van der Waals surface area contributed by atoms with Gasteiger partial charge in [-0.2, -0.15) is 0 Å². The highest BCUT2D eigenvalue weighted by atomic mass is 35.5. The van der Waals surface area contributed by atoms with Crippen LogP contribution in [0.5, 0.6) is 0 Å². The van der Waals surface area contributed by atoms with Gasteiger partial charge in [0, 0.05) is 5.02 Å². The van der Waals surface area contributed by atoms with Gasteiger partial charge in [-0.25, -0.2) is 8.42 Å². The number of rotatable bonds is 3. The van der Waals surface area contributed by atoms with Crippen LogP contribution >= 0.6 is 46.4 Å². The Morgan fingerprint density at radius 1 is 0.905 bits per heavy atom. The van der Waals surface area contributed by atoms with Crippen molar-refractivity contribution in [1.29, 1.82) is 0 Å². The first kappa shape index (κ1) is 16.7. The van der Waals surface area contributed by atoms with Crippen LogP contribution in [0.3, 0.4) is 0 Å². The number of anilines is 1. The Kier molecular flexibility index (Phi) is 4.96. The van der Waals surface area contributed by atoms with Crippen LogP contribution in [0.1, 0.15) is 5.56 Å². The summed E-state index contributed by atoms with van der Waals surface area (Å²) in [6.07, 6.45) is 0. The van der Waals surface area contributed by atoms with Gasteiger partial charge >= 0.3 is 0 Å². The molecule has 0 aliphatic heterocycles. The van der Waals surface area contributed by atoms with Crippen molar-refractivity contribution >= 4 is 62.1 Å². The van der Waals surface area contributed by atoms with Gasteiger partial charge in [-0.15, -0.1) is 0 Å². The molecule has 0 heterocycles. The van der Waals surface area contributed by atoms with E-state index in [0.717, 1.165) is 0 Å². The third-order valence-corrected chi connectivity index (χ3v) is 5.74. The van der Waals surface area contributed by atoms with Crippen LogP contribution in [-0.2, 0) is 10.0 Å². The third-order valence-electron chi connectivity index (χ3n) is 2.78. The lowest BCUT2D eigenvalue weighted by atomic mass is 10.2. The van der Waals surface area contributed by atoms with Crippen molar-refractivity contribution in [2.24, 2.45) is 0 Å². The first-order valence-electron chi connectivity index (χ1n) is 5.65. The molecule has 8 heteroatoms. The molecule has 2 aromatic rings. The molecule has 0 atom stereocenters. The van der Waals surface area contributed by atoms with E-state index in [1.165, 1.54) is 12.1 Å². The Labute approximate surface area is 142 Å². The van der Waals surface area contributed by atoms with E-state index >= 15 is 0 Å². The molecule has 2 aromatic carbocycles. The maximum Gasteiger partial charge on any atom is 0.263 e. The molecule has 0 radical (unpaired) electrons. The number of hydrogen-bond acceptors (Lipinski definition) is 2. The summed E-state index contributed by atoms with van der Waals surface area (Å²) in [5.41, 5.74) is 0.976. The summed E-state index contributed by atoms with van der Waals surface area (Å²) >= 11 is 23.5. The summed E-state index contributed by atoms with van der Waals surface area (Å²) in [5, 5.41) is 0.718. The Balaban J connectivity index is 2.48. The van der Waals surface area contributed by atoms with Crippen molar-refractivity contribution in [1.82, 2.24) is 0 Å². The van der Waals surface area contributed by atoms with Crippen molar-refractivity contribution in [3.05, 3.63) is 56.0 Å². The van der Waals surface area contributed by atoms with Crippen molar-refractivity contribution < 1.29 is 8.42 Å². The van der Waals surface area contributed by atoms with E-state index in [1.807, 2.05) is 0 Å². The van der Waals surface area contributed by atoms with Gasteiger partial charge < -0.3 is 0 Å². The molecule has 0 aromatic heterocycles. The fourth-order valence-corrected chi connectivity index (χ4v) is 3.93. The van der Waals surface area contributed by atoms with Gasteiger partial charge in [0.1, 0.15) is 4.90 Å². The molecule has 0 saturated heterocycles. The monoisotopic (exact) mass is 383 g/mol. The maximum atomic E-state index is 12.4. The van der Waals surface area contributed by atoms with Crippen LogP contribution in [0.25, 0.3) is 0 Å². The summed E-state index contributed by atoms with van der Waals surface area (Å²) in [4.78, 5) is -0.155. The van der Waals surface area contributed by atoms with Crippen LogP contribution in [0.15, 0.2) is 35.2 Å². The topological polar surface area (TPSA) is 46.2 Å². The maximum absolute atomic E-state index is 12.4. The zero-order valence-electron chi connectivity index (χ0n) is 10.6. The molecule has 112 valence electrons. The molecule has 1 N–H and O–H groups in total. The summed E-state index contributed by atoms with van der Waals surface area (Å²) < 4.78 is 27.3. The molecule has 3 nitrogen and oxygen atoms in total.